The van der Waals surface area contributed by atoms with Crippen LogP contribution in [0.4, 0.5) is 0 Å². The van der Waals surface area contributed by atoms with Crippen LogP contribution in [0, 0.1) is 0 Å². The molecule has 1 fully saturated rings. The van der Waals surface area contributed by atoms with Crippen molar-refractivity contribution in [1.82, 2.24) is 10.2 Å². The Morgan fingerprint density at radius 1 is 1.06 bits per heavy atom. The minimum Gasteiger partial charge on any atom is -0.378 e. The molecule has 2 aromatic rings. The van der Waals surface area contributed by atoms with Crippen molar-refractivity contribution in [3.63, 3.8) is 0 Å². The number of hydrogen-bond donors (Lipinski definition) is 2. The standard InChI is InChI=1S/C24H33N3O2.2ClH/c1-24(25,21-11-6-3-7-12-21)23(28)26-15-8-18-29-22-13-16-27(17-14-22)19-20-9-4-2-5-10-20;;/h2-7,9-12,22H,8,13-19,25H2,1H3,(H,26,28);2*1H. The molecule has 7 heteroatoms. The third-order valence-electron chi connectivity index (χ3n) is 5.59. The van der Waals surface area contributed by atoms with Crippen molar-refractivity contribution >= 4 is 30.7 Å². The summed E-state index contributed by atoms with van der Waals surface area (Å²) in [5.74, 6) is -0.155. The third kappa shape index (κ3) is 8.43. The molecular formula is C24H35Cl2N3O2. The molecule has 5 nitrogen and oxygen atoms in total. The zero-order valence-corrected chi connectivity index (χ0v) is 19.8. The topological polar surface area (TPSA) is 67.6 Å². The average molecular weight is 468 g/mol. The molecule has 2 aromatic carbocycles. The number of amides is 1. The zero-order chi connectivity index (χ0) is 20.5. The van der Waals surface area contributed by atoms with Gasteiger partial charge in [0.05, 0.1) is 6.10 Å². The first kappa shape index (κ1) is 27.4. The molecule has 31 heavy (non-hydrogen) atoms. The van der Waals surface area contributed by atoms with Gasteiger partial charge in [0.25, 0.3) is 0 Å². The summed E-state index contributed by atoms with van der Waals surface area (Å²) in [6.07, 6.45) is 3.24. The molecule has 1 amide bonds. The van der Waals surface area contributed by atoms with Crippen LogP contribution in [0.2, 0.25) is 0 Å². The lowest BCUT2D eigenvalue weighted by atomic mass is 9.92. The second kappa shape index (κ2) is 13.7. The number of nitrogens with zero attached hydrogens (tertiary/aromatic N) is 1. The Hall–Kier alpha value is -1.63. The molecule has 1 heterocycles. The molecule has 1 atom stereocenters. The van der Waals surface area contributed by atoms with E-state index in [9.17, 15) is 4.79 Å². The van der Waals surface area contributed by atoms with Crippen molar-refractivity contribution in [3.05, 3.63) is 71.8 Å². The van der Waals surface area contributed by atoms with Crippen LogP contribution in [0.15, 0.2) is 60.7 Å². The van der Waals surface area contributed by atoms with Crippen LogP contribution in [0.25, 0.3) is 0 Å². The van der Waals surface area contributed by atoms with E-state index in [2.05, 4.69) is 40.5 Å². The highest BCUT2D eigenvalue weighted by Crippen LogP contribution is 2.18. The second-order valence-corrected chi connectivity index (χ2v) is 8.01. The van der Waals surface area contributed by atoms with Gasteiger partial charge in [-0.15, -0.1) is 24.8 Å². The molecule has 0 aliphatic carbocycles. The molecule has 1 unspecified atom stereocenters. The van der Waals surface area contributed by atoms with E-state index in [1.807, 2.05) is 30.3 Å². The number of likely N-dealkylation sites (tertiary alicyclic amines) is 1. The molecule has 172 valence electrons. The molecule has 0 aromatic heterocycles. The van der Waals surface area contributed by atoms with E-state index >= 15 is 0 Å². The minimum atomic E-state index is -1.02. The van der Waals surface area contributed by atoms with Crippen LogP contribution in [-0.2, 0) is 21.6 Å². The van der Waals surface area contributed by atoms with Crippen LogP contribution in [0.3, 0.4) is 0 Å². The van der Waals surface area contributed by atoms with E-state index in [4.69, 9.17) is 10.5 Å². The fraction of sp³-hybridized carbons (Fsp3) is 0.458. The van der Waals surface area contributed by atoms with Gasteiger partial charge in [-0.3, -0.25) is 9.69 Å². The maximum absolute atomic E-state index is 12.4. The summed E-state index contributed by atoms with van der Waals surface area (Å²) in [5, 5.41) is 2.94. The highest BCUT2D eigenvalue weighted by molar-refractivity contribution is 5.87. The highest BCUT2D eigenvalue weighted by Gasteiger charge is 2.29. The number of rotatable bonds is 9. The molecule has 3 N–H and O–H groups in total. The predicted molar refractivity (Wildman–Crippen MR) is 131 cm³/mol. The predicted octanol–water partition coefficient (Wildman–Crippen LogP) is 3.89. The Kier molecular flexibility index (Phi) is 12.1. The maximum Gasteiger partial charge on any atom is 0.244 e. The average Bonchev–Trinajstić information content (AvgIpc) is 2.76. The molecule has 0 radical (unpaired) electrons. The maximum atomic E-state index is 12.4. The first-order valence-corrected chi connectivity index (χ1v) is 10.6. The Morgan fingerprint density at radius 2 is 1.65 bits per heavy atom. The van der Waals surface area contributed by atoms with Gasteiger partial charge < -0.3 is 15.8 Å². The summed E-state index contributed by atoms with van der Waals surface area (Å²) in [6.45, 7) is 6.13. The minimum absolute atomic E-state index is 0. The molecule has 0 spiro atoms. The van der Waals surface area contributed by atoms with Gasteiger partial charge in [0.1, 0.15) is 5.54 Å². The smallest absolute Gasteiger partial charge is 0.244 e. The molecule has 0 saturated carbocycles. The molecule has 1 aliphatic rings. The Bertz CT molecular complexity index is 752. The fourth-order valence-electron chi connectivity index (χ4n) is 3.70. The second-order valence-electron chi connectivity index (χ2n) is 8.01. The number of carbonyl (C=O) groups excluding carboxylic acids is 1. The van der Waals surface area contributed by atoms with Gasteiger partial charge in [0.15, 0.2) is 0 Å². The summed E-state index contributed by atoms with van der Waals surface area (Å²) < 4.78 is 6.02. The van der Waals surface area contributed by atoms with E-state index in [0.29, 0.717) is 19.3 Å². The number of ether oxygens (including phenoxy) is 1. The van der Waals surface area contributed by atoms with Crippen LogP contribution >= 0.6 is 24.8 Å². The molecule has 1 aliphatic heterocycles. The van der Waals surface area contributed by atoms with Crippen LogP contribution < -0.4 is 11.1 Å². The number of carbonyl (C=O) groups is 1. The van der Waals surface area contributed by atoms with Crippen molar-refractivity contribution in [2.45, 2.75) is 44.4 Å². The number of hydrogen-bond acceptors (Lipinski definition) is 4. The summed E-state index contributed by atoms with van der Waals surface area (Å²) >= 11 is 0. The molecule has 1 saturated heterocycles. The summed E-state index contributed by atoms with van der Waals surface area (Å²) in [6, 6.07) is 20.1. The van der Waals surface area contributed by atoms with Crippen molar-refractivity contribution in [2.75, 3.05) is 26.2 Å². The fourth-order valence-corrected chi connectivity index (χ4v) is 3.70. The number of benzene rings is 2. The lowest BCUT2D eigenvalue weighted by Crippen LogP contribution is -2.49. The normalized spacial score (nSPS) is 16.5. The third-order valence-corrected chi connectivity index (χ3v) is 5.59. The van der Waals surface area contributed by atoms with E-state index in [1.54, 1.807) is 6.92 Å². The number of nitrogens with one attached hydrogen (secondary N) is 1. The largest absolute Gasteiger partial charge is 0.378 e. The number of halogens is 2. The lowest BCUT2D eigenvalue weighted by molar-refractivity contribution is -0.126. The van der Waals surface area contributed by atoms with Crippen molar-refractivity contribution in [3.8, 4) is 0 Å². The van der Waals surface area contributed by atoms with Crippen molar-refractivity contribution in [2.24, 2.45) is 5.73 Å². The van der Waals surface area contributed by atoms with Crippen LogP contribution in [-0.4, -0.2) is 43.2 Å². The lowest BCUT2D eigenvalue weighted by Gasteiger charge is -2.32. The Balaban J connectivity index is 0.00000240. The van der Waals surface area contributed by atoms with Gasteiger partial charge in [0, 0.05) is 32.8 Å². The van der Waals surface area contributed by atoms with Crippen molar-refractivity contribution < 1.29 is 9.53 Å². The SMILES string of the molecule is CC(N)(C(=O)NCCCOC1CCN(Cc2ccccc2)CC1)c1ccccc1.Cl.Cl. The van der Waals surface area contributed by atoms with E-state index in [1.165, 1.54) is 5.56 Å². The zero-order valence-electron chi connectivity index (χ0n) is 18.2. The van der Waals surface area contributed by atoms with Gasteiger partial charge >= 0.3 is 0 Å². The van der Waals surface area contributed by atoms with E-state index in [0.717, 1.165) is 44.5 Å². The Labute approximate surface area is 198 Å². The van der Waals surface area contributed by atoms with Crippen LogP contribution in [0.5, 0.6) is 0 Å². The monoisotopic (exact) mass is 467 g/mol. The number of piperidine rings is 1. The Morgan fingerprint density at radius 3 is 2.26 bits per heavy atom. The van der Waals surface area contributed by atoms with Gasteiger partial charge in [-0.1, -0.05) is 60.7 Å². The van der Waals surface area contributed by atoms with Gasteiger partial charge in [0.2, 0.25) is 5.91 Å². The van der Waals surface area contributed by atoms with Crippen molar-refractivity contribution in [1.29, 1.82) is 0 Å². The van der Waals surface area contributed by atoms with E-state index in [-0.39, 0.29) is 30.7 Å². The molecule has 0 bridgehead atoms. The highest BCUT2D eigenvalue weighted by atomic mass is 35.5. The first-order chi connectivity index (χ1) is 14.1. The summed E-state index contributed by atoms with van der Waals surface area (Å²) in [4.78, 5) is 14.9. The molecular weight excluding hydrogens is 433 g/mol. The van der Waals surface area contributed by atoms with Crippen LogP contribution in [0.1, 0.15) is 37.3 Å². The molecule has 3 rings (SSSR count). The summed E-state index contributed by atoms with van der Waals surface area (Å²) in [7, 11) is 0. The summed E-state index contributed by atoms with van der Waals surface area (Å²) in [5.41, 5.74) is 7.39. The van der Waals surface area contributed by atoms with E-state index < -0.39 is 5.54 Å². The first-order valence-electron chi connectivity index (χ1n) is 10.6. The van der Waals surface area contributed by atoms with Gasteiger partial charge in [-0.25, -0.2) is 0 Å². The van der Waals surface area contributed by atoms with Gasteiger partial charge in [-0.2, -0.15) is 0 Å². The number of nitrogens with two attached hydrogens (primary N) is 1. The van der Waals surface area contributed by atoms with Gasteiger partial charge in [-0.05, 0) is 37.3 Å². The quantitative estimate of drug-likeness (QED) is 0.548.